The van der Waals surface area contributed by atoms with Crippen LogP contribution in [0.3, 0.4) is 0 Å². The molecule has 9 heteroatoms. The first-order valence-corrected chi connectivity index (χ1v) is 11.1. The van der Waals surface area contributed by atoms with Crippen LogP contribution in [0.15, 0.2) is 41.1 Å². The Morgan fingerprint density at radius 3 is 2.56 bits per heavy atom. The van der Waals surface area contributed by atoms with Gasteiger partial charge in [-0.05, 0) is 36.6 Å². The smallest absolute Gasteiger partial charge is 0.410 e. The molecule has 3 rings (SSSR count). The number of methoxy groups -OCH3 is 1. The molecule has 1 heterocycles. The lowest BCUT2D eigenvalue weighted by Crippen LogP contribution is -2.49. The molecule has 0 saturated heterocycles. The second kappa shape index (κ2) is 10.2. The Morgan fingerprint density at radius 1 is 1.24 bits per heavy atom. The lowest BCUT2D eigenvalue weighted by Gasteiger charge is -2.45. The number of nitriles is 3. The van der Waals surface area contributed by atoms with Crippen molar-refractivity contribution < 1.29 is 19.0 Å². The zero-order valence-electron chi connectivity index (χ0n) is 19.5. The third-order valence-electron chi connectivity index (χ3n) is 6.20. The van der Waals surface area contributed by atoms with E-state index >= 15 is 0 Å². The number of fused-ring (bicyclic) bond motifs is 1. The second-order valence-electron chi connectivity index (χ2n) is 8.04. The van der Waals surface area contributed by atoms with Crippen molar-refractivity contribution in [3.63, 3.8) is 0 Å². The molecule has 0 radical (unpaired) electrons. The highest BCUT2D eigenvalue weighted by atomic mass is 16.6. The molecule has 0 spiro atoms. The average molecular weight is 462 g/mol. The number of carbonyl (C=O) groups is 1. The van der Waals surface area contributed by atoms with Crippen molar-refractivity contribution in [2.45, 2.75) is 26.2 Å². The van der Waals surface area contributed by atoms with Gasteiger partial charge in [-0.25, -0.2) is 4.79 Å². The van der Waals surface area contributed by atoms with Crippen LogP contribution < -0.4 is 15.2 Å². The Kier molecular flexibility index (Phi) is 7.34. The molecule has 2 atom stereocenters. The summed E-state index contributed by atoms with van der Waals surface area (Å²) < 4.78 is 16.4. The summed E-state index contributed by atoms with van der Waals surface area (Å²) in [4.78, 5) is 14.0. The van der Waals surface area contributed by atoms with Crippen LogP contribution in [0.2, 0.25) is 0 Å². The van der Waals surface area contributed by atoms with Gasteiger partial charge >= 0.3 is 6.09 Å². The van der Waals surface area contributed by atoms with Gasteiger partial charge in [-0.1, -0.05) is 19.1 Å². The first-order chi connectivity index (χ1) is 16.4. The van der Waals surface area contributed by atoms with E-state index in [9.17, 15) is 20.6 Å². The first kappa shape index (κ1) is 24.5. The van der Waals surface area contributed by atoms with Gasteiger partial charge < -0.3 is 24.8 Å². The minimum atomic E-state index is -1.82. The van der Waals surface area contributed by atoms with Gasteiger partial charge in [-0.3, -0.25) is 0 Å². The molecule has 0 unspecified atom stereocenters. The van der Waals surface area contributed by atoms with Crippen LogP contribution in [0.5, 0.6) is 11.5 Å². The first-order valence-electron chi connectivity index (χ1n) is 11.1. The van der Waals surface area contributed by atoms with Crippen molar-refractivity contribution in [2.24, 2.45) is 17.1 Å². The molecule has 1 aliphatic carbocycles. The molecule has 0 aromatic heterocycles. The molecular formula is C25H27N5O4. The minimum absolute atomic E-state index is 0.0811. The van der Waals surface area contributed by atoms with Crippen LogP contribution in [0.4, 0.5) is 4.79 Å². The van der Waals surface area contributed by atoms with Crippen LogP contribution in [-0.2, 0) is 4.74 Å². The normalized spacial score (nSPS) is 20.7. The Hall–Kier alpha value is -4.16. The van der Waals surface area contributed by atoms with E-state index in [1.165, 1.54) is 12.0 Å². The summed E-state index contributed by atoms with van der Waals surface area (Å²) in [6, 6.07) is 11.5. The molecular weight excluding hydrogens is 434 g/mol. The number of ether oxygens (including phenoxy) is 3. The summed E-state index contributed by atoms with van der Waals surface area (Å²) in [6.07, 6.45) is 2.06. The number of benzene rings is 1. The van der Waals surface area contributed by atoms with Crippen molar-refractivity contribution in [2.75, 3.05) is 33.4 Å². The van der Waals surface area contributed by atoms with Gasteiger partial charge in [0.1, 0.15) is 6.07 Å². The van der Waals surface area contributed by atoms with Crippen molar-refractivity contribution in [1.82, 2.24) is 4.90 Å². The summed E-state index contributed by atoms with van der Waals surface area (Å²) in [6.45, 7) is 4.82. The van der Waals surface area contributed by atoms with Gasteiger partial charge in [0.05, 0.1) is 43.7 Å². The number of nitrogens with two attached hydrogens (primary N) is 1. The lowest BCUT2D eigenvalue weighted by atomic mass is 9.58. The largest absolute Gasteiger partial charge is 0.493 e. The summed E-state index contributed by atoms with van der Waals surface area (Å²) in [5, 5.41) is 30.3. The molecule has 1 aromatic carbocycles. The van der Waals surface area contributed by atoms with Gasteiger partial charge in [0.15, 0.2) is 16.9 Å². The van der Waals surface area contributed by atoms with Crippen LogP contribution in [-0.4, -0.2) is 44.4 Å². The van der Waals surface area contributed by atoms with Gasteiger partial charge in [-0.2, -0.15) is 15.8 Å². The molecule has 0 fully saturated rings. The van der Waals surface area contributed by atoms with Crippen molar-refractivity contribution >= 4 is 6.09 Å². The number of allylic oxidation sites excluding steroid dienone is 2. The molecule has 2 N–H and O–H groups in total. The third-order valence-corrected chi connectivity index (χ3v) is 6.20. The number of nitrogens with zero attached hydrogens (tertiary/aromatic N) is 4. The minimum Gasteiger partial charge on any atom is -0.493 e. The predicted octanol–water partition coefficient (Wildman–Crippen LogP) is 3.37. The zero-order chi connectivity index (χ0) is 24.9. The summed E-state index contributed by atoms with van der Waals surface area (Å²) in [7, 11) is 1.51. The van der Waals surface area contributed by atoms with Crippen LogP contribution in [0, 0.1) is 45.3 Å². The van der Waals surface area contributed by atoms with E-state index in [4.69, 9.17) is 19.9 Å². The van der Waals surface area contributed by atoms with E-state index in [0.717, 1.165) is 6.42 Å². The Morgan fingerprint density at radius 2 is 1.97 bits per heavy atom. The molecule has 1 aliphatic heterocycles. The fourth-order valence-electron chi connectivity index (χ4n) is 4.63. The topological polar surface area (TPSA) is 145 Å². The van der Waals surface area contributed by atoms with E-state index in [1.807, 2.05) is 6.92 Å². The maximum Gasteiger partial charge on any atom is 0.410 e. The lowest BCUT2D eigenvalue weighted by molar-refractivity contribution is 0.0999. The fourth-order valence-corrected chi connectivity index (χ4v) is 4.63. The number of amides is 1. The number of carbonyl (C=O) groups excluding carboxylic acids is 1. The molecule has 0 saturated carbocycles. The Balaban J connectivity index is 2.21. The van der Waals surface area contributed by atoms with Crippen molar-refractivity contribution in [1.29, 1.82) is 15.8 Å². The highest BCUT2D eigenvalue weighted by Crippen LogP contribution is 2.54. The molecule has 2 aliphatic rings. The van der Waals surface area contributed by atoms with E-state index in [1.54, 1.807) is 31.2 Å². The van der Waals surface area contributed by atoms with E-state index in [0.29, 0.717) is 29.2 Å². The standard InChI is InChI=1S/C25H27N5O4/c1-4-10-34-20-7-6-16(11-21(20)32-3)22-19-13-30(24(31)33-5-2)9-8-17(19)18(12-26)23(29)25(22,14-27)15-28/h6-8,11,19,22H,4-5,9-10,13,29H2,1-3H3/t19-,22+/m1/s1. The van der Waals surface area contributed by atoms with Crippen LogP contribution >= 0.6 is 0 Å². The Bertz CT molecular complexity index is 1140. The average Bonchev–Trinajstić information content (AvgIpc) is 2.86. The number of hydrogen-bond donors (Lipinski definition) is 1. The molecule has 34 heavy (non-hydrogen) atoms. The maximum absolute atomic E-state index is 12.5. The highest BCUT2D eigenvalue weighted by Gasteiger charge is 2.55. The van der Waals surface area contributed by atoms with E-state index < -0.39 is 23.3 Å². The SMILES string of the molecule is CCCOc1ccc([C@H]2[C@@H]3CN(C(=O)OCC)CC=C3C(C#N)=C(N)C2(C#N)C#N)cc1OC. The quantitative estimate of drug-likeness (QED) is 0.678. The molecule has 9 nitrogen and oxygen atoms in total. The number of hydrogen-bond acceptors (Lipinski definition) is 8. The molecule has 176 valence electrons. The van der Waals surface area contributed by atoms with E-state index in [-0.39, 0.29) is 31.0 Å². The van der Waals surface area contributed by atoms with Gasteiger partial charge in [0.25, 0.3) is 0 Å². The number of rotatable bonds is 6. The van der Waals surface area contributed by atoms with Gasteiger partial charge in [0.2, 0.25) is 0 Å². The summed E-state index contributed by atoms with van der Waals surface area (Å²) >= 11 is 0. The predicted molar refractivity (Wildman–Crippen MR) is 122 cm³/mol. The zero-order valence-corrected chi connectivity index (χ0v) is 19.5. The fraction of sp³-hybridized carbons (Fsp3) is 0.440. The van der Waals surface area contributed by atoms with Crippen molar-refractivity contribution in [3.05, 3.63) is 46.7 Å². The van der Waals surface area contributed by atoms with Gasteiger partial charge in [-0.15, -0.1) is 0 Å². The maximum atomic E-state index is 12.5. The second-order valence-corrected chi connectivity index (χ2v) is 8.04. The monoisotopic (exact) mass is 461 g/mol. The Labute approximate surface area is 199 Å². The third kappa shape index (κ3) is 4.00. The highest BCUT2D eigenvalue weighted by molar-refractivity contribution is 5.69. The van der Waals surface area contributed by atoms with E-state index in [2.05, 4.69) is 18.2 Å². The molecule has 1 amide bonds. The van der Waals surface area contributed by atoms with Crippen LogP contribution in [0.25, 0.3) is 0 Å². The molecule has 1 aromatic rings. The summed E-state index contributed by atoms with van der Waals surface area (Å²) in [5.74, 6) is -0.311. The van der Waals surface area contributed by atoms with Gasteiger partial charge in [0, 0.05) is 24.9 Å². The van der Waals surface area contributed by atoms with Crippen molar-refractivity contribution in [3.8, 4) is 29.7 Å². The molecule has 0 bridgehead atoms. The summed E-state index contributed by atoms with van der Waals surface area (Å²) in [5.41, 5.74) is 5.80. The van der Waals surface area contributed by atoms with Crippen LogP contribution in [0.1, 0.15) is 31.7 Å².